The summed E-state index contributed by atoms with van der Waals surface area (Å²) in [5.74, 6) is 1.83. The average molecular weight is 541 g/mol. The number of alkyl halides is 3. The molecule has 38 heavy (non-hydrogen) atoms. The first-order valence-corrected chi connectivity index (χ1v) is 12.4. The minimum atomic E-state index is -4.59. The molecular formula is C28H24ClF3N4O2. The molecule has 0 radical (unpaired) electrons. The molecule has 0 saturated heterocycles. The topological polar surface area (TPSA) is 75.6 Å². The fourth-order valence-electron chi connectivity index (χ4n) is 4.49. The molecule has 0 saturated carbocycles. The van der Waals surface area contributed by atoms with Gasteiger partial charge in [-0.2, -0.15) is 13.2 Å². The Morgan fingerprint density at radius 2 is 1.92 bits per heavy atom. The number of ketones is 1. The van der Waals surface area contributed by atoms with Crippen molar-refractivity contribution < 1.29 is 22.7 Å². The number of nitrogens with zero attached hydrogens (tertiary/aromatic N) is 2. The SMILES string of the molecule is C=C(CC(=O)C1Cc2cc(Oc3ccnc(C4=NCCN4)c3)ccc2CN1)c1ccc(Cl)c(C(F)(F)F)c1. The van der Waals surface area contributed by atoms with E-state index in [9.17, 15) is 18.0 Å². The highest BCUT2D eigenvalue weighted by atomic mass is 35.5. The summed E-state index contributed by atoms with van der Waals surface area (Å²) in [5.41, 5.74) is 2.31. The van der Waals surface area contributed by atoms with Crippen molar-refractivity contribution in [2.24, 2.45) is 4.99 Å². The summed E-state index contributed by atoms with van der Waals surface area (Å²) in [4.78, 5) is 21.8. The second kappa shape index (κ2) is 10.6. The summed E-state index contributed by atoms with van der Waals surface area (Å²) in [6, 6.07) is 12.4. The van der Waals surface area contributed by atoms with Crippen LogP contribution < -0.4 is 15.4 Å². The zero-order chi connectivity index (χ0) is 26.9. The number of carbonyl (C=O) groups is 1. The number of nitrogens with one attached hydrogen (secondary N) is 2. The van der Waals surface area contributed by atoms with Crippen molar-refractivity contribution in [1.82, 2.24) is 15.6 Å². The molecule has 0 aliphatic carbocycles. The first kappa shape index (κ1) is 25.9. The van der Waals surface area contributed by atoms with Crippen LogP contribution in [0.15, 0.2) is 66.3 Å². The van der Waals surface area contributed by atoms with Crippen molar-refractivity contribution in [3.8, 4) is 11.5 Å². The number of rotatable bonds is 7. The van der Waals surface area contributed by atoms with Gasteiger partial charge in [0, 0.05) is 31.8 Å². The molecule has 1 atom stereocenters. The van der Waals surface area contributed by atoms with Crippen LogP contribution in [0.5, 0.6) is 11.5 Å². The summed E-state index contributed by atoms with van der Waals surface area (Å²) >= 11 is 5.71. The van der Waals surface area contributed by atoms with Crippen molar-refractivity contribution in [1.29, 1.82) is 0 Å². The smallest absolute Gasteiger partial charge is 0.417 e. The van der Waals surface area contributed by atoms with Crippen molar-refractivity contribution in [2.45, 2.75) is 31.6 Å². The Kier molecular flexibility index (Phi) is 7.23. The van der Waals surface area contributed by atoms with Crippen LogP contribution in [0, 0.1) is 0 Å². The standard InChI is InChI=1S/C28H24ClF3N4O2/c1-16(17-3-5-23(29)22(12-17)28(30,31)32)10-26(37)24-13-19-11-20(4-2-18(19)15-36-24)38-21-6-7-33-25(14-21)27-34-8-9-35-27/h2-7,11-12,14,24,36H,1,8-10,13,15H2,(H,34,35). The van der Waals surface area contributed by atoms with Gasteiger partial charge in [0.15, 0.2) is 5.78 Å². The van der Waals surface area contributed by atoms with Crippen LogP contribution in [0.3, 0.4) is 0 Å². The molecule has 6 nitrogen and oxygen atoms in total. The Bertz CT molecular complexity index is 1440. The van der Waals surface area contributed by atoms with Crippen LogP contribution >= 0.6 is 11.6 Å². The number of pyridine rings is 1. The number of amidine groups is 1. The molecule has 10 heteroatoms. The number of aliphatic imine (C=N–C) groups is 1. The van der Waals surface area contributed by atoms with E-state index in [1.165, 1.54) is 12.1 Å². The highest BCUT2D eigenvalue weighted by Crippen LogP contribution is 2.36. The number of hydrogen-bond donors (Lipinski definition) is 2. The van der Waals surface area contributed by atoms with Gasteiger partial charge in [-0.15, -0.1) is 0 Å². The van der Waals surface area contributed by atoms with Crippen molar-refractivity contribution in [3.63, 3.8) is 0 Å². The Balaban J connectivity index is 1.26. The van der Waals surface area contributed by atoms with Gasteiger partial charge in [-0.1, -0.05) is 30.3 Å². The molecule has 3 aromatic rings. The van der Waals surface area contributed by atoms with Gasteiger partial charge in [0.25, 0.3) is 0 Å². The summed E-state index contributed by atoms with van der Waals surface area (Å²) in [7, 11) is 0. The molecule has 2 aliphatic heterocycles. The predicted octanol–water partition coefficient (Wildman–Crippen LogP) is 5.58. The van der Waals surface area contributed by atoms with Gasteiger partial charge in [-0.05, 0) is 59.0 Å². The second-order valence-electron chi connectivity index (χ2n) is 9.14. The van der Waals surface area contributed by atoms with Gasteiger partial charge < -0.3 is 15.4 Å². The number of carbonyl (C=O) groups excluding carboxylic acids is 1. The normalized spacial score (nSPS) is 16.8. The lowest BCUT2D eigenvalue weighted by atomic mass is 9.90. The molecule has 196 valence electrons. The fourth-order valence-corrected chi connectivity index (χ4v) is 4.71. The van der Waals surface area contributed by atoms with E-state index in [1.54, 1.807) is 12.3 Å². The lowest BCUT2D eigenvalue weighted by Gasteiger charge is -2.26. The predicted molar refractivity (Wildman–Crippen MR) is 140 cm³/mol. The molecule has 3 heterocycles. The molecule has 2 N–H and O–H groups in total. The third-order valence-corrected chi connectivity index (χ3v) is 6.81. The van der Waals surface area contributed by atoms with Crippen LogP contribution in [0.1, 0.15) is 34.4 Å². The minimum absolute atomic E-state index is 0.0835. The summed E-state index contributed by atoms with van der Waals surface area (Å²) in [6.07, 6.45) is -2.59. The zero-order valence-corrected chi connectivity index (χ0v) is 21.0. The van der Waals surface area contributed by atoms with Crippen LogP contribution in [0.4, 0.5) is 13.2 Å². The van der Waals surface area contributed by atoms with Crippen molar-refractivity contribution >= 4 is 28.8 Å². The maximum atomic E-state index is 13.2. The zero-order valence-electron chi connectivity index (χ0n) is 20.2. The molecule has 5 rings (SSSR count). The molecular weight excluding hydrogens is 517 g/mol. The molecule has 2 aliphatic rings. The van der Waals surface area contributed by atoms with Gasteiger partial charge in [-0.3, -0.25) is 14.8 Å². The Labute approximate surface area is 222 Å². The monoisotopic (exact) mass is 540 g/mol. The Morgan fingerprint density at radius 3 is 2.68 bits per heavy atom. The van der Waals surface area contributed by atoms with E-state index in [-0.39, 0.29) is 17.8 Å². The lowest BCUT2D eigenvalue weighted by Crippen LogP contribution is -2.41. The Morgan fingerprint density at radius 1 is 1.11 bits per heavy atom. The molecule has 1 aromatic heterocycles. The number of fused-ring (bicyclic) bond motifs is 1. The van der Waals surface area contributed by atoms with E-state index >= 15 is 0 Å². The third kappa shape index (κ3) is 5.74. The first-order valence-electron chi connectivity index (χ1n) is 12.0. The lowest BCUT2D eigenvalue weighted by molar-refractivity contribution is -0.137. The second-order valence-corrected chi connectivity index (χ2v) is 9.55. The van der Waals surface area contributed by atoms with Crippen LogP contribution in [0.25, 0.3) is 5.57 Å². The highest BCUT2D eigenvalue weighted by molar-refractivity contribution is 6.31. The number of hydrogen-bond acceptors (Lipinski definition) is 6. The summed E-state index contributed by atoms with van der Waals surface area (Å²) in [6.45, 7) is 5.84. The van der Waals surface area contributed by atoms with E-state index in [1.807, 2.05) is 24.3 Å². The summed E-state index contributed by atoms with van der Waals surface area (Å²) < 4.78 is 45.8. The number of Topliss-reactive ketones (excluding diaryl/α,β-unsaturated/α-hetero) is 1. The van der Waals surface area contributed by atoms with Crippen LogP contribution in [-0.2, 0) is 23.9 Å². The maximum absolute atomic E-state index is 13.2. The number of halogens is 4. The van der Waals surface area contributed by atoms with Gasteiger partial charge in [-0.25, -0.2) is 0 Å². The van der Waals surface area contributed by atoms with Crippen LogP contribution in [-0.4, -0.2) is 35.7 Å². The van der Waals surface area contributed by atoms with E-state index in [4.69, 9.17) is 16.3 Å². The molecule has 1 unspecified atom stereocenters. The molecule has 0 amide bonds. The van der Waals surface area contributed by atoms with Crippen LogP contribution in [0.2, 0.25) is 5.02 Å². The molecule has 0 spiro atoms. The Hall–Kier alpha value is -3.69. The number of aromatic nitrogens is 1. The summed E-state index contributed by atoms with van der Waals surface area (Å²) in [5, 5.41) is 6.02. The van der Waals surface area contributed by atoms with E-state index in [2.05, 4.69) is 27.2 Å². The van der Waals surface area contributed by atoms with Crippen molar-refractivity contribution in [3.05, 3.63) is 94.3 Å². The van der Waals surface area contributed by atoms with E-state index < -0.39 is 22.8 Å². The van der Waals surface area contributed by atoms with Gasteiger partial charge in [0.1, 0.15) is 23.0 Å². The van der Waals surface area contributed by atoms with Gasteiger partial charge >= 0.3 is 6.18 Å². The quantitative estimate of drug-likeness (QED) is 0.409. The molecule has 2 aromatic carbocycles. The molecule has 0 bridgehead atoms. The number of benzene rings is 2. The van der Waals surface area contributed by atoms with E-state index in [0.717, 1.165) is 29.6 Å². The van der Waals surface area contributed by atoms with Crippen molar-refractivity contribution in [2.75, 3.05) is 13.1 Å². The highest BCUT2D eigenvalue weighted by Gasteiger charge is 2.33. The number of ether oxygens (including phenoxy) is 1. The van der Waals surface area contributed by atoms with Gasteiger partial charge in [0.05, 0.1) is 23.2 Å². The van der Waals surface area contributed by atoms with Gasteiger partial charge in [0.2, 0.25) is 0 Å². The number of allylic oxidation sites excluding steroid dienone is 1. The fraction of sp³-hybridized carbons (Fsp3) is 0.250. The minimum Gasteiger partial charge on any atom is -0.457 e. The van der Waals surface area contributed by atoms with E-state index in [0.29, 0.717) is 42.3 Å². The first-order chi connectivity index (χ1) is 18.2. The molecule has 0 fully saturated rings. The third-order valence-electron chi connectivity index (χ3n) is 6.48. The largest absolute Gasteiger partial charge is 0.457 e. The maximum Gasteiger partial charge on any atom is 0.417 e. The average Bonchev–Trinajstić information content (AvgIpc) is 3.43.